The third-order valence-electron chi connectivity index (χ3n) is 3.87. The van der Waals surface area contributed by atoms with Crippen molar-refractivity contribution in [3.63, 3.8) is 0 Å². The number of nitrogens with zero attached hydrogens (tertiary/aromatic N) is 1. The van der Waals surface area contributed by atoms with Crippen molar-refractivity contribution in [1.29, 1.82) is 5.26 Å². The summed E-state index contributed by atoms with van der Waals surface area (Å²) in [6, 6.07) is 8.67. The predicted molar refractivity (Wildman–Crippen MR) is 87.6 cm³/mol. The fourth-order valence-electron chi connectivity index (χ4n) is 2.45. The maximum Gasteiger partial charge on any atom is 0.122 e. The average Bonchev–Trinajstić information content (AvgIpc) is 2.49. The summed E-state index contributed by atoms with van der Waals surface area (Å²) in [4.78, 5) is 0. The molecule has 1 aromatic carbocycles. The fourth-order valence-corrected chi connectivity index (χ4v) is 2.45. The van der Waals surface area contributed by atoms with Crippen molar-refractivity contribution in [2.75, 3.05) is 13.2 Å². The summed E-state index contributed by atoms with van der Waals surface area (Å²) in [7, 11) is 0. The number of nitrogens with one attached hydrogen (secondary N) is 1. The lowest BCUT2D eigenvalue weighted by atomic mass is 9.92. The number of ether oxygens (including phenoxy) is 1. The Kier molecular flexibility index (Phi) is 7.25. The van der Waals surface area contributed by atoms with Gasteiger partial charge in [0.05, 0.1) is 12.7 Å². The zero-order valence-electron chi connectivity index (χ0n) is 13.8. The van der Waals surface area contributed by atoms with Gasteiger partial charge in [-0.3, -0.25) is 5.32 Å². The Balaban J connectivity index is 2.46. The van der Waals surface area contributed by atoms with E-state index in [1.807, 2.05) is 6.07 Å². The largest absolute Gasteiger partial charge is 0.493 e. The lowest BCUT2D eigenvalue weighted by molar-refractivity contribution is 0.275. The second kappa shape index (κ2) is 8.69. The fraction of sp³-hybridized carbons (Fsp3) is 0.611. The summed E-state index contributed by atoms with van der Waals surface area (Å²) in [6.45, 7) is 9.88. The van der Waals surface area contributed by atoms with Crippen LogP contribution in [0.1, 0.15) is 50.7 Å². The third kappa shape index (κ3) is 5.40. The molecule has 21 heavy (non-hydrogen) atoms. The quantitative estimate of drug-likeness (QED) is 0.695. The summed E-state index contributed by atoms with van der Waals surface area (Å²) in [5.41, 5.74) is 2.01. The van der Waals surface area contributed by atoms with Gasteiger partial charge in [0.1, 0.15) is 11.3 Å². The van der Waals surface area contributed by atoms with Crippen LogP contribution in [-0.2, 0) is 0 Å². The molecule has 3 nitrogen and oxygen atoms in total. The molecule has 0 fully saturated rings. The van der Waals surface area contributed by atoms with Crippen LogP contribution in [-0.4, -0.2) is 18.7 Å². The lowest BCUT2D eigenvalue weighted by Crippen LogP contribution is -2.44. The van der Waals surface area contributed by atoms with E-state index in [0.29, 0.717) is 6.61 Å². The Labute approximate surface area is 129 Å². The summed E-state index contributed by atoms with van der Waals surface area (Å²) in [6.07, 6.45) is 3.58. The third-order valence-corrected chi connectivity index (χ3v) is 3.87. The van der Waals surface area contributed by atoms with Crippen LogP contribution in [0.15, 0.2) is 18.2 Å². The van der Waals surface area contributed by atoms with E-state index >= 15 is 0 Å². The summed E-state index contributed by atoms with van der Waals surface area (Å²) < 4.78 is 5.84. The Hall–Kier alpha value is -1.53. The Bertz CT molecular complexity index is 479. The number of rotatable bonds is 9. The topological polar surface area (TPSA) is 45.0 Å². The Morgan fingerprint density at radius 1 is 1.29 bits per heavy atom. The predicted octanol–water partition coefficient (Wildman–Crippen LogP) is 4.13. The van der Waals surface area contributed by atoms with Crippen LogP contribution in [0.3, 0.4) is 0 Å². The minimum absolute atomic E-state index is 0.401. The molecule has 1 N–H and O–H groups in total. The molecular formula is C18H28N2O. The zero-order chi connectivity index (χ0) is 15.7. The van der Waals surface area contributed by atoms with Gasteiger partial charge in [0, 0.05) is 0 Å². The highest BCUT2D eigenvalue weighted by Crippen LogP contribution is 2.21. The van der Waals surface area contributed by atoms with Crippen molar-refractivity contribution < 1.29 is 4.74 Å². The van der Waals surface area contributed by atoms with Gasteiger partial charge in [-0.1, -0.05) is 31.5 Å². The molecule has 116 valence electrons. The minimum Gasteiger partial charge on any atom is -0.493 e. The molecular weight excluding hydrogens is 260 g/mol. The summed E-state index contributed by atoms with van der Waals surface area (Å²) in [5.74, 6) is 0.946. The first-order valence-electron chi connectivity index (χ1n) is 7.93. The molecule has 0 amide bonds. The van der Waals surface area contributed by atoms with Gasteiger partial charge in [-0.05, 0) is 57.7 Å². The van der Waals surface area contributed by atoms with Gasteiger partial charge in [0.25, 0.3) is 0 Å². The lowest BCUT2D eigenvalue weighted by Gasteiger charge is -2.26. The van der Waals surface area contributed by atoms with Crippen LogP contribution < -0.4 is 10.1 Å². The first kappa shape index (κ1) is 17.5. The zero-order valence-corrected chi connectivity index (χ0v) is 13.8. The maximum absolute atomic E-state index is 9.44. The van der Waals surface area contributed by atoms with Gasteiger partial charge in [0.2, 0.25) is 0 Å². The van der Waals surface area contributed by atoms with Gasteiger partial charge in [-0.15, -0.1) is 0 Å². The van der Waals surface area contributed by atoms with Crippen LogP contribution in [0.2, 0.25) is 0 Å². The van der Waals surface area contributed by atoms with Crippen LogP contribution in [0.4, 0.5) is 0 Å². The number of nitriles is 1. The smallest absolute Gasteiger partial charge is 0.122 e. The molecule has 0 bridgehead atoms. The Morgan fingerprint density at radius 3 is 2.62 bits per heavy atom. The Morgan fingerprint density at radius 2 is 2.05 bits per heavy atom. The normalized spacial score (nSPS) is 13.5. The van der Waals surface area contributed by atoms with Crippen molar-refractivity contribution in [1.82, 2.24) is 5.32 Å². The molecule has 1 unspecified atom stereocenters. The van der Waals surface area contributed by atoms with Crippen LogP contribution in [0.25, 0.3) is 0 Å². The second-order valence-electron chi connectivity index (χ2n) is 5.70. The first-order valence-corrected chi connectivity index (χ1v) is 7.93. The van der Waals surface area contributed by atoms with Gasteiger partial charge in [-0.2, -0.15) is 5.26 Å². The van der Waals surface area contributed by atoms with E-state index in [1.165, 1.54) is 11.1 Å². The number of aryl methyl sites for hydroxylation is 2. The molecule has 1 aromatic rings. The van der Waals surface area contributed by atoms with E-state index in [-0.39, 0.29) is 0 Å². The highest BCUT2D eigenvalue weighted by molar-refractivity contribution is 5.35. The van der Waals surface area contributed by atoms with Crippen molar-refractivity contribution in [2.45, 2.75) is 58.9 Å². The van der Waals surface area contributed by atoms with E-state index in [0.717, 1.165) is 38.0 Å². The molecule has 3 heteroatoms. The van der Waals surface area contributed by atoms with Gasteiger partial charge < -0.3 is 4.74 Å². The van der Waals surface area contributed by atoms with Gasteiger partial charge >= 0.3 is 0 Å². The van der Waals surface area contributed by atoms with E-state index in [4.69, 9.17) is 4.74 Å². The van der Waals surface area contributed by atoms with Crippen molar-refractivity contribution >= 4 is 0 Å². The van der Waals surface area contributed by atoms with Gasteiger partial charge in [-0.25, -0.2) is 0 Å². The van der Waals surface area contributed by atoms with Gasteiger partial charge in [0.15, 0.2) is 0 Å². The summed E-state index contributed by atoms with van der Waals surface area (Å²) in [5, 5.41) is 12.8. The standard InChI is InChI=1S/C18H28N2O/c1-5-11-20-18(6-2,14-19)10-7-12-21-17-9-8-15(3)13-16(17)4/h8-9,13,20H,5-7,10-12H2,1-4H3. The average molecular weight is 288 g/mol. The molecule has 0 saturated carbocycles. The number of benzene rings is 1. The number of hydrogen-bond acceptors (Lipinski definition) is 3. The van der Waals surface area contributed by atoms with E-state index in [9.17, 15) is 5.26 Å². The highest BCUT2D eigenvalue weighted by Gasteiger charge is 2.26. The van der Waals surface area contributed by atoms with Crippen molar-refractivity contribution in [3.8, 4) is 11.8 Å². The van der Waals surface area contributed by atoms with Crippen molar-refractivity contribution in [3.05, 3.63) is 29.3 Å². The van der Waals surface area contributed by atoms with Crippen LogP contribution >= 0.6 is 0 Å². The molecule has 0 aliphatic heterocycles. The molecule has 1 rings (SSSR count). The molecule has 0 radical (unpaired) electrons. The monoisotopic (exact) mass is 288 g/mol. The molecule has 0 aliphatic carbocycles. The maximum atomic E-state index is 9.44. The molecule has 0 saturated heterocycles. The molecule has 0 spiro atoms. The van der Waals surface area contributed by atoms with E-state index < -0.39 is 5.54 Å². The molecule has 1 atom stereocenters. The molecule has 0 aliphatic rings. The van der Waals surface area contributed by atoms with E-state index in [2.05, 4.69) is 51.2 Å². The van der Waals surface area contributed by atoms with Crippen molar-refractivity contribution in [2.24, 2.45) is 0 Å². The van der Waals surface area contributed by atoms with Crippen LogP contribution in [0.5, 0.6) is 5.75 Å². The van der Waals surface area contributed by atoms with Crippen LogP contribution in [0, 0.1) is 25.2 Å². The summed E-state index contributed by atoms with van der Waals surface area (Å²) >= 11 is 0. The first-order chi connectivity index (χ1) is 10.1. The highest BCUT2D eigenvalue weighted by atomic mass is 16.5. The molecule has 0 heterocycles. The minimum atomic E-state index is -0.401. The molecule has 0 aromatic heterocycles. The second-order valence-corrected chi connectivity index (χ2v) is 5.70. The number of hydrogen-bond donors (Lipinski definition) is 1. The SMILES string of the molecule is CCCNC(C#N)(CC)CCCOc1ccc(C)cc1C. The van der Waals surface area contributed by atoms with E-state index in [1.54, 1.807) is 0 Å².